The second kappa shape index (κ2) is 12.7. The second-order valence-corrected chi connectivity index (χ2v) is 8.40. The maximum atomic E-state index is 5.60. The Balaban J connectivity index is 0.000000201. The number of rotatable bonds is 6. The van der Waals surface area contributed by atoms with Gasteiger partial charge in [0.2, 0.25) is 0 Å². The predicted molar refractivity (Wildman–Crippen MR) is 152 cm³/mol. The molecule has 8 heteroatoms. The lowest BCUT2D eigenvalue weighted by Gasteiger charge is -2.11. The summed E-state index contributed by atoms with van der Waals surface area (Å²) in [6.07, 6.45) is 0. The Labute approximate surface area is 212 Å². The number of nitrogens with zero attached hydrogens (tertiary/aromatic N) is 6. The van der Waals surface area contributed by atoms with E-state index < -0.39 is 0 Å². The highest BCUT2D eigenvalue weighted by Crippen LogP contribution is 2.23. The van der Waals surface area contributed by atoms with Crippen LogP contribution in [0.15, 0.2) is 118 Å². The molecule has 36 heavy (non-hydrogen) atoms. The molecule has 0 amide bonds. The molecular weight excluding hydrogens is 448 g/mol. The van der Waals surface area contributed by atoms with E-state index in [1.54, 1.807) is 0 Å². The maximum absolute atomic E-state index is 5.60. The molecule has 0 atom stereocenters. The number of nitrogen functional groups attached to an aromatic ring is 2. The standard InChI is InChI=1S/2C14H16N4/c2*1-18(2)14-9-7-13(8-10-14)17-16-12-5-3-11(15)4-6-12/h2*3-10H,15H2,1-2H3. The van der Waals surface area contributed by atoms with Crippen LogP contribution in [-0.4, -0.2) is 28.2 Å². The van der Waals surface area contributed by atoms with Crippen LogP contribution in [0.5, 0.6) is 0 Å². The molecule has 0 spiro atoms. The minimum absolute atomic E-state index is 0.726. The quantitative estimate of drug-likeness (QED) is 0.220. The van der Waals surface area contributed by atoms with Gasteiger partial charge in [0.05, 0.1) is 22.7 Å². The van der Waals surface area contributed by atoms with Crippen LogP contribution in [-0.2, 0) is 0 Å². The third-order valence-corrected chi connectivity index (χ3v) is 5.08. The molecule has 8 nitrogen and oxygen atoms in total. The highest BCUT2D eigenvalue weighted by molar-refractivity contribution is 5.53. The zero-order valence-electron chi connectivity index (χ0n) is 21.1. The van der Waals surface area contributed by atoms with Crippen molar-refractivity contribution >= 4 is 45.5 Å². The van der Waals surface area contributed by atoms with Gasteiger partial charge in [-0.05, 0) is 97.1 Å². The van der Waals surface area contributed by atoms with Gasteiger partial charge in [-0.15, -0.1) is 0 Å². The van der Waals surface area contributed by atoms with Crippen LogP contribution in [0.4, 0.5) is 45.5 Å². The molecule has 0 unspecified atom stereocenters. The Hall–Kier alpha value is -4.72. The van der Waals surface area contributed by atoms with Crippen LogP contribution >= 0.6 is 0 Å². The summed E-state index contributed by atoms with van der Waals surface area (Å²) in [6.45, 7) is 0. The Morgan fingerprint density at radius 1 is 0.389 bits per heavy atom. The lowest BCUT2D eigenvalue weighted by Crippen LogP contribution is -2.07. The molecule has 0 aromatic heterocycles. The topological polar surface area (TPSA) is 108 Å². The largest absolute Gasteiger partial charge is 0.399 e. The van der Waals surface area contributed by atoms with Crippen LogP contribution in [0.25, 0.3) is 0 Å². The van der Waals surface area contributed by atoms with Gasteiger partial charge in [-0.1, -0.05) is 0 Å². The number of anilines is 4. The van der Waals surface area contributed by atoms with Crippen molar-refractivity contribution in [1.82, 2.24) is 0 Å². The Bertz CT molecular complexity index is 1160. The molecule has 4 aromatic rings. The van der Waals surface area contributed by atoms with Crippen LogP contribution < -0.4 is 21.3 Å². The first-order valence-corrected chi connectivity index (χ1v) is 11.4. The van der Waals surface area contributed by atoms with E-state index in [-0.39, 0.29) is 0 Å². The van der Waals surface area contributed by atoms with Gasteiger partial charge in [-0.25, -0.2) is 0 Å². The summed E-state index contributed by atoms with van der Waals surface area (Å²) in [5.41, 5.74) is 18.2. The predicted octanol–water partition coefficient (Wildman–Crippen LogP) is 7.50. The van der Waals surface area contributed by atoms with Gasteiger partial charge in [0.25, 0.3) is 0 Å². The van der Waals surface area contributed by atoms with Crippen molar-refractivity contribution in [2.24, 2.45) is 20.5 Å². The van der Waals surface area contributed by atoms with E-state index >= 15 is 0 Å². The monoisotopic (exact) mass is 480 g/mol. The number of azo groups is 2. The molecular formula is C28H32N8. The summed E-state index contributed by atoms with van der Waals surface area (Å²) >= 11 is 0. The van der Waals surface area contributed by atoms with Gasteiger partial charge in [0.15, 0.2) is 0 Å². The molecule has 4 N–H and O–H groups in total. The molecule has 0 aliphatic heterocycles. The van der Waals surface area contributed by atoms with Gasteiger partial charge in [-0.2, -0.15) is 20.5 Å². The van der Waals surface area contributed by atoms with Crippen LogP contribution in [0.1, 0.15) is 0 Å². The molecule has 0 radical (unpaired) electrons. The highest BCUT2D eigenvalue weighted by atomic mass is 15.1. The molecule has 4 aromatic carbocycles. The lowest BCUT2D eigenvalue weighted by atomic mass is 10.3. The summed E-state index contributed by atoms with van der Waals surface area (Å²) in [5, 5.41) is 16.6. The molecule has 0 aliphatic rings. The Morgan fingerprint density at radius 3 is 0.833 bits per heavy atom. The number of hydrogen-bond donors (Lipinski definition) is 2. The third-order valence-electron chi connectivity index (χ3n) is 5.08. The summed E-state index contributed by atoms with van der Waals surface area (Å²) < 4.78 is 0. The SMILES string of the molecule is CN(C)c1ccc(N=Nc2ccc(N)cc2)cc1.CN(C)c1ccc(N=Nc2ccc(N)cc2)cc1. The fourth-order valence-electron chi connectivity index (χ4n) is 2.95. The van der Waals surface area contributed by atoms with E-state index in [4.69, 9.17) is 11.5 Å². The van der Waals surface area contributed by atoms with Crippen molar-refractivity contribution in [3.05, 3.63) is 97.1 Å². The van der Waals surface area contributed by atoms with Crippen molar-refractivity contribution in [3.8, 4) is 0 Å². The Morgan fingerprint density at radius 2 is 0.611 bits per heavy atom. The van der Waals surface area contributed by atoms with Crippen LogP contribution in [0.2, 0.25) is 0 Å². The summed E-state index contributed by atoms with van der Waals surface area (Å²) in [4.78, 5) is 4.09. The van der Waals surface area contributed by atoms with Gasteiger partial charge >= 0.3 is 0 Å². The first kappa shape index (κ1) is 25.9. The summed E-state index contributed by atoms with van der Waals surface area (Å²) in [6, 6.07) is 30.4. The van der Waals surface area contributed by atoms with Crippen molar-refractivity contribution < 1.29 is 0 Å². The van der Waals surface area contributed by atoms with Crippen molar-refractivity contribution in [2.45, 2.75) is 0 Å². The fourth-order valence-corrected chi connectivity index (χ4v) is 2.95. The minimum atomic E-state index is 0.726. The second-order valence-electron chi connectivity index (χ2n) is 8.40. The van der Waals surface area contributed by atoms with Gasteiger partial charge in [0, 0.05) is 50.9 Å². The molecule has 0 saturated carbocycles. The average Bonchev–Trinajstić information content (AvgIpc) is 2.89. The van der Waals surface area contributed by atoms with Gasteiger partial charge < -0.3 is 21.3 Å². The molecule has 4 rings (SSSR count). The minimum Gasteiger partial charge on any atom is -0.399 e. The van der Waals surface area contributed by atoms with E-state index in [0.29, 0.717) is 0 Å². The number of hydrogen-bond acceptors (Lipinski definition) is 8. The van der Waals surface area contributed by atoms with E-state index in [1.807, 2.05) is 135 Å². The smallest absolute Gasteiger partial charge is 0.0858 e. The van der Waals surface area contributed by atoms with Gasteiger partial charge in [0.1, 0.15) is 0 Å². The van der Waals surface area contributed by atoms with E-state index in [1.165, 1.54) is 0 Å². The zero-order chi connectivity index (χ0) is 25.9. The van der Waals surface area contributed by atoms with Crippen LogP contribution in [0, 0.1) is 0 Å². The van der Waals surface area contributed by atoms with Crippen molar-refractivity contribution in [3.63, 3.8) is 0 Å². The van der Waals surface area contributed by atoms with E-state index in [9.17, 15) is 0 Å². The first-order valence-electron chi connectivity index (χ1n) is 11.4. The highest BCUT2D eigenvalue weighted by Gasteiger charge is 1.96. The molecule has 0 bridgehead atoms. The lowest BCUT2D eigenvalue weighted by molar-refractivity contribution is 1.13. The van der Waals surface area contributed by atoms with Crippen molar-refractivity contribution in [1.29, 1.82) is 0 Å². The normalized spacial score (nSPS) is 10.8. The number of nitrogens with two attached hydrogens (primary N) is 2. The molecule has 184 valence electrons. The zero-order valence-corrected chi connectivity index (χ0v) is 21.1. The summed E-state index contributed by atoms with van der Waals surface area (Å²) in [5.74, 6) is 0. The van der Waals surface area contributed by atoms with Crippen molar-refractivity contribution in [2.75, 3.05) is 49.5 Å². The molecule has 0 heterocycles. The maximum Gasteiger partial charge on any atom is 0.0858 e. The Kier molecular flexibility index (Phi) is 9.11. The van der Waals surface area contributed by atoms with E-state index in [2.05, 4.69) is 20.5 Å². The molecule has 0 saturated heterocycles. The van der Waals surface area contributed by atoms with Gasteiger partial charge in [-0.3, -0.25) is 0 Å². The third kappa shape index (κ3) is 8.25. The van der Waals surface area contributed by atoms with Crippen LogP contribution in [0.3, 0.4) is 0 Å². The molecule has 0 aliphatic carbocycles. The number of benzene rings is 4. The molecule has 0 fully saturated rings. The first-order chi connectivity index (χ1) is 17.3. The average molecular weight is 481 g/mol. The summed E-state index contributed by atoms with van der Waals surface area (Å²) in [7, 11) is 8.02. The van der Waals surface area contributed by atoms with E-state index in [0.717, 1.165) is 45.5 Å². The fraction of sp³-hybridized carbons (Fsp3) is 0.143.